The summed E-state index contributed by atoms with van der Waals surface area (Å²) in [5.41, 5.74) is 11.8. The third kappa shape index (κ3) is 7.62. The normalized spacial score (nSPS) is 11.2. The molecule has 6 rings (SSSR count). The van der Waals surface area contributed by atoms with Crippen molar-refractivity contribution in [3.8, 4) is 16.9 Å². The largest absolute Gasteiger partial charge is 0.494 e. The first kappa shape index (κ1) is 37.5. The van der Waals surface area contributed by atoms with Gasteiger partial charge in [-0.05, 0) is 106 Å². The van der Waals surface area contributed by atoms with E-state index in [1.807, 2.05) is 63.8 Å². The minimum absolute atomic E-state index is 0.250. The quantitative estimate of drug-likeness (QED) is 0.0954. The second-order valence-corrected chi connectivity index (χ2v) is 13.7. The predicted molar refractivity (Wildman–Crippen MR) is 206 cm³/mol. The lowest BCUT2D eigenvalue weighted by atomic mass is 9.98. The monoisotopic (exact) mass is 730 g/mol. The molecule has 0 fully saturated rings. The number of ether oxygens (including phenoxy) is 1. The van der Waals surface area contributed by atoms with Gasteiger partial charge in [0.1, 0.15) is 5.75 Å². The fraction of sp³-hybridized carbons (Fsp3) is 0.333. The van der Waals surface area contributed by atoms with E-state index in [-0.39, 0.29) is 6.47 Å². The molecule has 3 aromatic heterocycles. The van der Waals surface area contributed by atoms with Crippen LogP contribution in [0.2, 0.25) is 10.0 Å². The number of carbonyl (C=O) groups excluding carboxylic acids is 1. The third-order valence-electron chi connectivity index (χ3n) is 9.39. The van der Waals surface area contributed by atoms with Gasteiger partial charge >= 0.3 is 0 Å². The van der Waals surface area contributed by atoms with E-state index in [1.54, 1.807) is 0 Å². The number of aldehydes is 1. The number of carboxylic acid groups (broad SMARTS) is 1. The molecule has 0 spiro atoms. The Labute approximate surface area is 307 Å². The molecule has 0 aliphatic heterocycles. The Bertz CT molecular complexity index is 2170. The molecule has 0 radical (unpaired) electrons. The minimum Gasteiger partial charge on any atom is -0.494 e. The molecule has 0 unspecified atom stereocenters. The van der Waals surface area contributed by atoms with Crippen LogP contribution in [0.3, 0.4) is 0 Å². The van der Waals surface area contributed by atoms with Crippen molar-refractivity contribution in [1.29, 1.82) is 0 Å². The summed E-state index contributed by atoms with van der Waals surface area (Å²) in [5, 5.41) is 22.5. The van der Waals surface area contributed by atoms with Gasteiger partial charge in [0, 0.05) is 65.5 Å². The Morgan fingerprint density at radius 2 is 1.67 bits per heavy atom. The van der Waals surface area contributed by atoms with Crippen molar-refractivity contribution in [2.24, 2.45) is 7.05 Å². The first-order chi connectivity index (χ1) is 24.4. The summed E-state index contributed by atoms with van der Waals surface area (Å²) in [6, 6.07) is 12.3. The molecule has 51 heavy (non-hydrogen) atoms. The Kier molecular flexibility index (Phi) is 11.8. The molecule has 0 bridgehead atoms. The van der Waals surface area contributed by atoms with Crippen LogP contribution in [0.4, 0.5) is 5.69 Å². The standard InChI is InChI=1S/C38H42Cl2N6O2.CH2O2/c1-22-17-29(18-23(2)36(22)40)48-15-8-10-30-31-11-12-32(39)35(34-25(4)42-43-26(34)5)38(31)46(33(30)21-47)14-9-13-44(6)28-16-24(3)37-27(19-28)20-41-45(37)7;2-1-3/h11-12,16-21H,8-10,13-15H2,1-7H3,(H,42,43);1H,(H,2,3). The highest BCUT2D eigenvalue weighted by atomic mass is 35.5. The Morgan fingerprint density at radius 3 is 2.31 bits per heavy atom. The molecule has 268 valence electrons. The van der Waals surface area contributed by atoms with Crippen LogP contribution in [0.5, 0.6) is 5.75 Å². The summed E-state index contributed by atoms with van der Waals surface area (Å²) < 4.78 is 10.2. The molecule has 0 aliphatic rings. The maximum atomic E-state index is 12.9. The average Bonchev–Trinajstić information content (AvgIpc) is 3.74. The zero-order chi connectivity index (χ0) is 37.0. The number of rotatable bonds is 12. The molecule has 0 amide bonds. The molecule has 0 saturated carbocycles. The molecule has 0 saturated heterocycles. The van der Waals surface area contributed by atoms with Gasteiger partial charge < -0.3 is 19.3 Å². The van der Waals surface area contributed by atoms with Crippen molar-refractivity contribution in [3.63, 3.8) is 0 Å². The number of hydrogen-bond acceptors (Lipinski definition) is 6. The summed E-state index contributed by atoms with van der Waals surface area (Å²) in [6.07, 6.45) is 5.15. The van der Waals surface area contributed by atoms with E-state index in [2.05, 4.69) is 56.9 Å². The van der Waals surface area contributed by atoms with Gasteiger partial charge in [-0.3, -0.25) is 19.4 Å². The topological polar surface area (TPSA) is 118 Å². The van der Waals surface area contributed by atoms with Crippen molar-refractivity contribution in [3.05, 3.63) is 92.0 Å². The first-order valence-corrected chi connectivity index (χ1v) is 17.6. The zero-order valence-electron chi connectivity index (χ0n) is 30.1. The van der Waals surface area contributed by atoms with Crippen molar-refractivity contribution < 1.29 is 19.4 Å². The molecule has 12 heteroatoms. The van der Waals surface area contributed by atoms with E-state index in [9.17, 15) is 4.79 Å². The van der Waals surface area contributed by atoms with E-state index in [1.165, 1.54) is 5.56 Å². The number of aryl methyl sites for hydroxylation is 8. The van der Waals surface area contributed by atoms with Gasteiger partial charge in [-0.25, -0.2) is 0 Å². The maximum Gasteiger partial charge on any atom is 0.290 e. The third-order valence-corrected chi connectivity index (χ3v) is 10.3. The zero-order valence-corrected chi connectivity index (χ0v) is 31.6. The lowest BCUT2D eigenvalue weighted by molar-refractivity contribution is -0.122. The highest BCUT2D eigenvalue weighted by Crippen LogP contribution is 2.41. The molecular formula is C39H44Cl2N6O4. The number of hydrogen-bond donors (Lipinski definition) is 2. The van der Waals surface area contributed by atoms with Gasteiger partial charge in [0.15, 0.2) is 6.29 Å². The van der Waals surface area contributed by atoms with Crippen molar-refractivity contribution in [1.82, 2.24) is 24.5 Å². The van der Waals surface area contributed by atoms with Crippen molar-refractivity contribution in [2.75, 3.05) is 25.1 Å². The second kappa shape index (κ2) is 16.0. The predicted octanol–water partition coefficient (Wildman–Crippen LogP) is 8.82. The number of H-pyrrole nitrogens is 1. The average molecular weight is 732 g/mol. The number of aromatic amines is 1. The number of carbonyl (C=O) groups is 2. The molecule has 3 aromatic carbocycles. The van der Waals surface area contributed by atoms with Gasteiger partial charge in [-0.1, -0.05) is 29.3 Å². The molecule has 3 heterocycles. The van der Waals surface area contributed by atoms with Crippen LogP contribution < -0.4 is 9.64 Å². The summed E-state index contributed by atoms with van der Waals surface area (Å²) >= 11 is 13.4. The van der Waals surface area contributed by atoms with E-state index in [0.29, 0.717) is 30.3 Å². The van der Waals surface area contributed by atoms with E-state index < -0.39 is 0 Å². The van der Waals surface area contributed by atoms with Gasteiger partial charge in [0.25, 0.3) is 6.47 Å². The molecule has 0 aliphatic carbocycles. The highest BCUT2D eigenvalue weighted by Gasteiger charge is 2.24. The summed E-state index contributed by atoms with van der Waals surface area (Å²) in [4.78, 5) is 23.6. The number of benzene rings is 3. The Hall–Kier alpha value is -4.80. The lowest BCUT2D eigenvalue weighted by Crippen LogP contribution is -2.20. The summed E-state index contributed by atoms with van der Waals surface area (Å²) in [6.45, 7) is 11.8. The number of fused-ring (bicyclic) bond motifs is 2. The smallest absolute Gasteiger partial charge is 0.290 e. The number of aromatic nitrogens is 5. The first-order valence-electron chi connectivity index (χ1n) is 16.8. The number of nitrogens with zero attached hydrogens (tertiary/aromatic N) is 5. The number of nitrogens with one attached hydrogen (secondary N) is 1. The van der Waals surface area contributed by atoms with Gasteiger partial charge in [-0.2, -0.15) is 10.2 Å². The molecule has 2 N–H and O–H groups in total. The molecule has 6 aromatic rings. The van der Waals surface area contributed by atoms with E-state index >= 15 is 0 Å². The van der Waals surface area contributed by atoms with Crippen molar-refractivity contribution >= 4 is 63.5 Å². The Morgan fingerprint density at radius 1 is 0.961 bits per heavy atom. The fourth-order valence-electron chi connectivity index (χ4n) is 7.08. The SMILES string of the molecule is Cc1cc(OCCCc2c(C=O)n(CCCN(C)c3cc(C)c4c(cnn4C)c3)c3c(-c4c(C)n[nH]c4C)c(Cl)ccc23)cc(C)c1Cl.O=CO. The Balaban J connectivity index is 0.00000162. The van der Waals surface area contributed by atoms with Crippen LogP contribution in [-0.2, 0) is 24.8 Å². The van der Waals surface area contributed by atoms with Crippen LogP contribution in [0.15, 0.2) is 42.6 Å². The summed E-state index contributed by atoms with van der Waals surface area (Å²) in [5.74, 6) is 0.800. The van der Waals surface area contributed by atoms with Crippen LogP contribution in [0, 0.1) is 34.6 Å². The van der Waals surface area contributed by atoms with Crippen molar-refractivity contribution in [2.45, 2.75) is 60.4 Å². The number of halogens is 2. The highest BCUT2D eigenvalue weighted by molar-refractivity contribution is 6.35. The van der Waals surface area contributed by atoms with Gasteiger partial charge in [0.2, 0.25) is 0 Å². The number of anilines is 1. The molecule has 0 atom stereocenters. The van der Waals surface area contributed by atoms with Crippen LogP contribution in [-0.4, -0.2) is 62.6 Å². The lowest BCUT2D eigenvalue weighted by Gasteiger charge is -2.21. The van der Waals surface area contributed by atoms with Gasteiger partial charge in [0.05, 0.1) is 40.2 Å². The maximum absolute atomic E-state index is 12.9. The van der Waals surface area contributed by atoms with Crippen LogP contribution in [0.1, 0.15) is 57.0 Å². The van der Waals surface area contributed by atoms with Crippen LogP contribution >= 0.6 is 23.2 Å². The van der Waals surface area contributed by atoms with E-state index in [0.717, 1.165) is 103 Å². The van der Waals surface area contributed by atoms with E-state index in [4.69, 9.17) is 37.8 Å². The summed E-state index contributed by atoms with van der Waals surface area (Å²) in [7, 11) is 4.08. The van der Waals surface area contributed by atoms with Gasteiger partial charge in [-0.15, -0.1) is 0 Å². The molecular weight excluding hydrogens is 687 g/mol. The minimum atomic E-state index is -0.250. The fourth-order valence-corrected chi connectivity index (χ4v) is 7.43. The second-order valence-electron chi connectivity index (χ2n) is 12.9. The molecule has 10 nitrogen and oxygen atoms in total. The van der Waals surface area contributed by atoms with Crippen LogP contribution in [0.25, 0.3) is 32.9 Å².